The summed E-state index contributed by atoms with van der Waals surface area (Å²) in [5.41, 5.74) is 0.470. The molecule has 0 heterocycles. The van der Waals surface area contributed by atoms with Gasteiger partial charge in [0.05, 0.1) is 13.2 Å². The molecule has 0 aliphatic heterocycles. The summed E-state index contributed by atoms with van der Waals surface area (Å²) in [7, 11) is 1.47. The molecule has 0 aliphatic rings. The number of benzene rings is 2. The lowest BCUT2D eigenvalue weighted by atomic mass is 10.1. The summed E-state index contributed by atoms with van der Waals surface area (Å²) in [6.07, 6.45) is -0.0363. The molecular formula is C17H17F2NO3. The number of carbonyl (C=O) groups is 1. The number of carbonyl (C=O) groups excluding carboxylic acids is 1. The Labute approximate surface area is 133 Å². The van der Waals surface area contributed by atoms with E-state index in [0.29, 0.717) is 17.1 Å². The van der Waals surface area contributed by atoms with Crippen LogP contribution >= 0.6 is 0 Å². The van der Waals surface area contributed by atoms with Crippen molar-refractivity contribution in [2.75, 3.05) is 12.4 Å². The van der Waals surface area contributed by atoms with Gasteiger partial charge in [0.2, 0.25) is 0 Å². The average Bonchev–Trinajstić information content (AvgIpc) is 2.50. The fraction of sp³-hybridized carbons (Fsp3) is 0.235. The predicted octanol–water partition coefficient (Wildman–Crippen LogP) is 4.01. The van der Waals surface area contributed by atoms with E-state index in [9.17, 15) is 13.6 Å². The van der Waals surface area contributed by atoms with Gasteiger partial charge in [-0.1, -0.05) is 0 Å². The number of hydrogen-bond acceptors (Lipinski definition) is 3. The van der Waals surface area contributed by atoms with Crippen LogP contribution in [-0.2, 0) is 0 Å². The lowest BCUT2D eigenvalue weighted by Crippen LogP contribution is -2.13. The van der Waals surface area contributed by atoms with Crippen molar-refractivity contribution in [1.29, 1.82) is 0 Å². The molecular weight excluding hydrogens is 304 g/mol. The Morgan fingerprint density at radius 1 is 1.04 bits per heavy atom. The highest BCUT2D eigenvalue weighted by molar-refractivity contribution is 6.04. The number of methoxy groups -OCH3 is 1. The molecule has 1 amide bonds. The van der Waals surface area contributed by atoms with E-state index >= 15 is 0 Å². The van der Waals surface area contributed by atoms with E-state index in [4.69, 9.17) is 9.47 Å². The van der Waals surface area contributed by atoms with Crippen molar-refractivity contribution in [2.24, 2.45) is 0 Å². The number of hydrogen-bond donors (Lipinski definition) is 1. The van der Waals surface area contributed by atoms with Gasteiger partial charge in [0.25, 0.3) is 5.91 Å². The second-order valence-corrected chi connectivity index (χ2v) is 5.12. The molecule has 0 spiro atoms. The van der Waals surface area contributed by atoms with Gasteiger partial charge >= 0.3 is 0 Å². The molecule has 0 atom stereocenters. The summed E-state index contributed by atoms with van der Waals surface area (Å²) >= 11 is 0. The van der Waals surface area contributed by atoms with Crippen LogP contribution in [0.1, 0.15) is 24.2 Å². The summed E-state index contributed by atoms with van der Waals surface area (Å²) in [4.78, 5) is 12.2. The fourth-order valence-corrected chi connectivity index (χ4v) is 1.94. The van der Waals surface area contributed by atoms with Crippen LogP contribution in [0, 0.1) is 11.6 Å². The summed E-state index contributed by atoms with van der Waals surface area (Å²) in [5, 5.41) is 2.50. The van der Waals surface area contributed by atoms with Crippen LogP contribution in [-0.4, -0.2) is 19.1 Å². The lowest BCUT2D eigenvalue weighted by molar-refractivity contribution is 0.102. The molecule has 2 rings (SSSR count). The number of amides is 1. The fourth-order valence-electron chi connectivity index (χ4n) is 1.94. The van der Waals surface area contributed by atoms with E-state index in [1.165, 1.54) is 19.2 Å². The first-order valence-corrected chi connectivity index (χ1v) is 7.02. The molecule has 0 saturated carbocycles. The van der Waals surface area contributed by atoms with Crippen LogP contribution in [0.15, 0.2) is 36.4 Å². The van der Waals surface area contributed by atoms with E-state index in [0.717, 1.165) is 12.1 Å². The van der Waals surface area contributed by atoms with Gasteiger partial charge in [-0.25, -0.2) is 8.78 Å². The molecule has 0 bridgehead atoms. The van der Waals surface area contributed by atoms with Gasteiger partial charge in [0, 0.05) is 17.3 Å². The predicted molar refractivity (Wildman–Crippen MR) is 83.1 cm³/mol. The normalized spacial score (nSPS) is 10.5. The summed E-state index contributed by atoms with van der Waals surface area (Å²) in [5.74, 6) is -1.53. The molecule has 122 valence electrons. The van der Waals surface area contributed by atoms with E-state index in [1.807, 2.05) is 13.8 Å². The van der Waals surface area contributed by atoms with Crippen LogP contribution in [0.5, 0.6) is 11.5 Å². The Morgan fingerprint density at radius 3 is 2.39 bits per heavy atom. The zero-order valence-electron chi connectivity index (χ0n) is 13.0. The van der Waals surface area contributed by atoms with Gasteiger partial charge in [-0.2, -0.15) is 0 Å². The second kappa shape index (κ2) is 7.09. The SMILES string of the molecule is COc1cc(C(=O)Nc2ccc(F)c(F)c2)ccc1OC(C)C. The van der Waals surface area contributed by atoms with Crippen LogP contribution in [0.4, 0.5) is 14.5 Å². The third-order valence-corrected chi connectivity index (χ3v) is 2.97. The average molecular weight is 321 g/mol. The zero-order valence-corrected chi connectivity index (χ0v) is 13.0. The maximum atomic E-state index is 13.2. The minimum absolute atomic E-state index is 0.0363. The number of rotatable bonds is 5. The van der Waals surface area contributed by atoms with Crippen LogP contribution < -0.4 is 14.8 Å². The van der Waals surface area contributed by atoms with Gasteiger partial charge < -0.3 is 14.8 Å². The Hall–Kier alpha value is -2.63. The Morgan fingerprint density at radius 2 is 1.78 bits per heavy atom. The minimum atomic E-state index is -1.03. The van der Waals surface area contributed by atoms with Gasteiger partial charge in [-0.05, 0) is 44.2 Å². The standard InChI is InChI=1S/C17H17F2NO3/c1-10(2)23-15-7-4-11(8-16(15)22-3)17(21)20-12-5-6-13(18)14(19)9-12/h4-10H,1-3H3,(H,20,21). The molecule has 1 N–H and O–H groups in total. The molecule has 0 aromatic heterocycles. The van der Waals surface area contributed by atoms with Crippen LogP contribution in [0.2, 0.25) is 0 Å². The molecule has 0 aliphatic carbocycles. The topological polar surface area (TPSA) is 47.6 Å². The molecule has 2 aromatic carbocycles. The van der Waals surface area contributed by atoms with Crippen molar-refractivity contribution >= 4 is 11.6 Å². The maximum absolute atomic E-state index is 13.2. The molecule has 0 saturated heterocycles. The number of anilines is 1. The highest BCUT2D eigenvalue weighted by Gasteiger charge is 2.13. The van der Waals surface area contributed by atoms with Crippen molar-refractivity contribution in [3.8, 4) is 11.5 Å². The first-order valence-electron chi connectivity index (χ1n) is 7.02. The molecule has 4 nitrogen and oxygen atoms in total. The monoisotopic (exact) mass is 321 g/mol. The smallest absolute Gasteiger partial charge is 0.255 e. The highest BCUT2D eigenvalue weighted by Crippen LogP contribution is 2.29. The number of nitrogens with one attached hydrogen (secondary N) is 1. The van der Waals surface area contributed by atoms with Crippen molar-refractivity contribution in [1.82, 2.24) is 0 Å². The van der Waals surface area contributed by atoms with Gasteiger partial charge in [0.1, 0.15) is 0 Å². The Bertz CT molecular complexity index is 717. The summed E-state index contributed by atoms with van der Waals surface area (Å²) in [6.45, 7) is 3.76. The molecule has 0 fully saturated rings. The molecule has 6 heteroatoms. The zero-order chi connectivity index (χ0) is 17.0. The lowest BCUT2D eigenvalue weighted by Gasteiger charge is -2.14. The van der Waals surface area contributed by atoms with E-state index in [-0.39, 0.29) is 11.8 Å². The Kier molecular flexibility index (Phi) is 5.16. The van der Waals surface area contributed by atoms with Gasteiger partial charge in [0.15, 0.2) is 23.1 Å². The third-order valence-electron chi connectivity index (χ3n) is 2.97. The van der Waals surface area contributed by atoms with Gasteiger partial charge in [-0.15, -0.1) is 0 Å². The van der Waals surface area contributed by atoms with Crippen molar-refractivity contribution < 1.29 is 23.0 Å². The first kappa shape index (κ1) is 16.7. The largest absolute Gasteiger partial charge is 0.493 e. The van der Waals surface area contributed by atoms with E-state index < -0.39 is 17.5 Å². The highest BCUT2D eigenvalue weighted by atomic mass is 19.2. The van der Waals surface area contributed by atoms with E-state index in [1.54, 1.807) is 12.1 Å². The van der Waals surface area contributed by atoms with Gasteiger partial charge in [-0.3, -0.25) is 4.79 Å². The Balaban J connectivity index is 2.20. The molecule has 2 aromatic rings. The summed E-state index contributed by atoms with van der Waals surface area (Å²) in [6, 6.07) is 7.86. The molecule has 0 unspecified atom stereocenters. The first-order chi connectivity index (χ1) is 10.9. The third kappa shape index (κ3) is 4.18. The maximum Gasteiger partial charge on any atom is 0.255 e. The van der Waals surface area contributed by atoms with Crippen molar-refractivity contribution in [2.45, 2.75) is 20.0 Å². The number of ether oxygens (including phenoxy) is 2. The molecule has 0 radical (unpaired) electrons. The van der Waals surface area contributed by atoms with Crippen LogP contribution in [0.3, 0.4) is 0 Å². The van der Waals surface area contributed by atoms with Crippen LogP contribution in [0.25, 0.3) is 0 Å². The van der Waals surface area contributed by atoms with E-state index in [2.05, 4.69) is 5.32 Å². The summed E-state index contributed by atoms with van der Waals surface area (Å²) < 4.78 is 36.8. The van der Waals surface area contributed by atoms with Crippen molar-refractivity contribution in [3.63, 3.8) is 0 Å². The number of halogens is 2. The quantitative estimate of drug-likeness (QED) is 0.905. The van der Waals surface area contributed by atoms with Crippen molar-refractivity contribution in [3.05, 3.63) is 53.6 Å². The minimum Gasteiger partial charge on any atom is -0.493 e. The molecule has 23 heavy (non-hydrogen) atoms. The second-order valence-electron chi connectivity index (χ2n) is 5.12.